The lowest BCUT2D eigenvalue weighted by atomic mass is 10.1. The van der Waals surface area contributed by atoms with Crippen LogP contribution in [-0.4, -0.2) is 28.8 Å². The summed E-state index contributed by atoms with van der Waals surface area (Å²) in [4.78, 5) is 34.6. The van der Waals surface area contributed by atoms with E-state index in [1.165, 1.54) is 11.3 Å². The SMILES string of the molecule is CN1c2ncccc2C(=O)N[C@H]1c1ccc(NC(=O)c2cscn2)cc1. The van der Waals surface area contributed by atoms with Crippen LogP contribution in [0.1, 0.15) is 32.6 Å². The highest BCUT2D eigenvalue weighted by atomic mass is 32.1. The summed E-state index contributed by atoms with van der Waals surface area (Å²) in [6.45, 7) is 0. The molecule has 1 aliphatic rings. The lowest BCUT2D eigenvalue weighted by molar-refractivity contribution is 0.0926. The van der Waals surface area contributed by atoms with E-state index in [-0.39, 0.29) is 18.0 Å². The third-order valence-electron chi connectivity index (χ3n) is 4.17. The topological polar surface area (TPSA) is 87.2 Å². The zero-order valence-corrected chi connectivity index (χ0v) is 14.7. The number of carbonyl (C=O) groups is 2. The fourth-order valence-corrected chi connectivity index (χ4v) is 3.38. The highest BCUT2D eigenvalue weighted by Crippen LogP contribution is 2.30. The molecule has 2 aromatic heterocycles. The molecule has 26 heavy (non-hydrogen) atoms. The van der Waals surface area contributed by atoms with Crippen molar-refractivity contribution in [1.82, 2.24) is 15.3 Å². The maximum Gasteiger partial charge on any atom is 0.275 e. The van der Waals surface area contributed by atoms with Crippen LogP contribution in [0.4, 0.5) is 11.5 Å². The number of rotatable bonds is 3. The molecule has 4 rings (SSSR count). The van der Waals surface area contributed by atoms with Crippen molar-refractivity contribution in [3.63, 3.8) is 0 Å². The summed E-state index contributed by atoms with van der Waals surface area (Å²) in [7, 11) is 1.88. The lowest BCUT2D eigenvalue weighted by Crippen LogP contribution is -2.45. The Balaban J connectivity index is 1.54. The number of nitrogens with one attached hydrogen (secondary N) is 2. The van der Waals surface area contributed by atoms with Gasteiger partial charge in [0.25, 0.3) is 11.8 Å². The molecule has 0 saturated carbocycles. The van der Waals surface area contributed by atoms with Gasteiger partial charge in [-0.1, -0.05) is 12.1 Å². The molecule has 130 valence electrons. The molecule has 0 fully saturated rings. The molecule has 0 saturated heterocycles. The number of anilines is 2. The Bertz CT molecular complexity index is 956. The fourth-order valence-electron chi connectivity index (χ4n) is 2.85. The number of benzene rings is 1. The van der Waals surface area contributed by atoms with Crippen molar-refractivity contribution in [2.24, 2.45) is 0 Å². The number of aromatic nitrogens is 2. The van der Waals surface area contributed by atoms with Gasteiger partial charge in [-0.3, -0.25) is 9.59 Å². The summed E-state index contributed by atoms with van der Waals surface area (Å²) in [6, 6.07) is 10.8. The average molecular weight is 365 g/mol. The summed E-state index contributed by atoms with van der Waals surface area (Å²) in [5, 5.41) is 7.47. The standard InChI is InChI=1S/C18H15N5O2S/c1-23-15(22-17(24)13-3-2-8-19-16(13)23)11-4-6-12(7-5-11)21-18(25)14-9-26-10-20-14/h2-10,15H,1H3,(H,21,25)(H,22,24)/t15-/m1/s1. The molecule has 2 amide bonds. The van der Waals surface area contributed by atoms with Crippen molar-refractivity contribution in [2.75, 3.05) is 17.3 Å². The van der Waals surface area contributed by atoms with Gasteiger partial charge >= 0.3 is 0 Å². The molecular weight excluding hydrogens is 350 g/mol. The van der Waals surface area contributed by atoms with Gasteiger partial charge in [0.2, 0.25) is 0 Å². The first-order chi connectivity index (χ1) is 12.6. The second-order valence-electron chi connectivity index (χ2n) is 5.81. The molecule has 3 aromatic rings. The zero-order valence-electron chi connectivity index (χ0n) is 13.8. The van der Waals surface area contributed by atoms with Gasteiger partial charge in [-0.15, -0.1) is 11.3 Å². The Morgan fingerprint density at radius 1 is 1.23 bits per heavy atom. The predicted octanol–water partition coefficient (Wildman–Crippen LogP) is 2.67. The molecule has 0 unspecified atom stereocenters. The predicted molar refractivity (Wildman–Crippen MR) is 99.4 cm³/mol. The van der Waals surface area contributed by atoms with Crippen LogP contribution >= 0.6 is 11.3 Å². The minimum Gasteiger partial charge on any atom is -0.335 e. The quantitative estimate of drug-likeness (QED) is 0.745. The minimum atomic E-state index is -0.326. The molecule has 2 N–H and O–H groups in total. The van der Waals surface area contributed by atoms with E-state index in [0.29, 0.717) is 22.8 Å². The van der Waals surface area contributed by atoms with Crippen LogP contribution in [-0.2, 0) is 0 Å². The number of pyridine rings is 1. The first-order valence-electron chi connectivity index (χ1n) is 7.92. The van der Waals surface area contributed by atoms with Crippen molar-refractivity contribution < 1.29 is 9.59 Å². The van der Waals surface area contributed by atoms with Crippen LogP contribution in [0, 0.1) is 0 Å². The number of fused-ring (bicyclic) bond motifs is 1. The number of nitrogens with zero attached hydrogens (tertiary/aromatic N) is 3. The van der Waals surface area contributed by atoms with Crippen LogP contribution < -0.4 is 15.5 Å². The monoisotopic (exact) mass is 365 g/mol. The van der Waals surface area contributed by atoms with E-state index in [2.05, 4.69) is 20.6 Å². The molecule has 0 radical (unpaired) electrons. The number of hydrogen-bond acceptors (Lipinski definition) is 6. The molecular formula is C18H15N5O2S. The molecule has 1 aromatic carbocycles. The maximum atomic E-state index is 12.3. The molecule has 0 spiro atoms. The van der Waals surface area contributed by atoms with Gasteiger partial charge in [0, 0.05) is 24.3 Å². The highest BCUT2D eigenvalue weighted by molar-refractivity contribution is 7.07. The van der Waals surface area contributed by atoms with E-state index < -0.39 is 0 Å². The fraction of sp³-hybridized carbons (Fsp3) is 0.111. The lowest BCUT2D eigenvalue weighted by Gasteiger charge is -2.35. The largest absolute Gasteiger partial charge is 0.335 e. The van der Waals surface area contributed by atoms with Crippen molar-refractivity contribution in [1.29, 1.82) is 0 Å². The molecule has 0 aliphatic carbocycles. The van der Waals surface area contributed by atoms with E-state index in [1.54, 1.807) is 41.4 Å². The van der Waals surface area contributed by atoms with E-state index in [1.807, 2.05) is 24.1 Å². The second kappa shape index (κ2) is 6.57. The Labute approximate surface area is 153 Å². The third kappa shape index (κ3) is 2.91. The van der Waals surface area contributed by atoms with Gasteiger partial charge in [-0.2, -0.15) is 0 Å². The number of amides is 2. The summed E-state index contributed by atoms with van der Waals surface area (Å²) in [5.41, 5.74) is 4.11. The Hall–Kier alpha value is -3.26. The van der Waals surface area contributed by atoms with Gasteiger partial charge in [-0.05, 0) is 29.8 Å². The van der Waals surface area contributed by atoms with Gasteiger partial charge in [0.15, 0.2) is 0 Å². The van der Waals surface area contributed by atoms with Crippen LogP contribution in [0.5, 0.6) is 0 Å². The number of carbonyl (C=O) groups excluding carboxylic acids is 2. The minimum absolute atomic E-state index is 0.155. The summed E-state index contributed by atoms with van der Waals surface area (Å²) in [6.07, 6.45) is 1.34. The second-order valence-corrected chi connectivity index (χ2v) is 6.53. The van der Waals surface area contributed by atoms with Crippen molar-refractivity contribution in [2.45, 2.75) is 6.17 Å². The van der Waals surface area contributed by atoms with E-state index >= 15 is 0 Å². The Morgan fingerprint density at radius 2 is 2.04 bits per heavy atom. The summed E-state index contributed by atoms with van der Waals surface area (Å²) < 4.78 is 0. The average Bonchev–Trinajstić information content (AvgIpc) is 3.20. The molecule has 7 nitrogen and oxygen atoms in total. The van der Waals surface area contributed by atoms with Gasteiger partial charge in [0.1, 0.15) is 17.7 Å². The number of hydrogen-bond donors (Lipinski definition) is 2. The molecule has 3 heterocycles. The van der Waals surface area contributed by atoms with Crippen LogP contribution in [0.2, 0.25) is 0 Å². The first kappa shape index (κ1) is 16.2. The molecule has 0 bridgehead atoms. The first-order valence-corrected chi connectivity index (χ1v) is 8.86. The van der Waals surface area contributed by atoms with Crippen LogP contribution in [0.3, 0.4) is 0 Å². The van der Waals surface area contributed by atoms with Crippen molar-refractivity contribution >= 4 is 34.7 Å². The highest BCUT2D eigenvalue weighted by Gasteiger charge is 2.30. The maximum absolute atomic E-state index is 12.3. The van der Waals surface area contributed by atoms with Gasteiger partial charge in [-0.25, -0.2) is 9.97 Å². The molecule has 1 aliphatic heterocycles. The molecule has 1 atom stereocenters. The van der Waals surface area contributed by atoms with Crippen LogP contribution in [0.25, 0.3) is 0 Å². The zero-order chi connectivity index (χ0) is 18.1. The third-order valence-corrected chi connectivity index (χ3v) is 4.76. The van der Waals surface area contributed by atoms with Crippen molar-refractivity contribution in [3.05, 3.63) is 70.3 Å². The Kier molecular flexibility index (Phi) is 4.10. The van der Waals surface area contributed by atoms with E-state index in [9.17, 15) is 9.59 Å². The van der Waals surface area contributed by atoms with Gasteiger partial charge in [0.05, 0.1) is 11.1 Å². The Morgan fingerprint density at radius 3 is 2.77 bits per heavy atom. The van der Waals surface area contributed by atoms with E-state index in [0.717, 1.165) is 5.56 Å². The summed E-state index contributed by atoms with van der Waals surface area (Å²) >= 11 is 1.37. The smallest absolute Gasteiger partial charge is 0.275 e. The molecule has 8 heteroatoms. The normalized spacial score (nSPS) is 16.0. The van der Waals surface area contributed by atoms with E-state index in [4.69, 9.17) is 0 Å². The van der Waals surface area contributed by atoms with Crippen molar-refractivity contribution in [3.8, 4) is 0 Å². The van der Waals surface area contributed by atoms with Gasteiger partial charge < -0.3 is 15.5 Å². The van der Waals surface area contributed by atoms with Crippen LogP contribution in [0.15, 0.2) is 53.5 Å². The number of thiazole rings is 1. The summed E-state index contributed by atoms with van der Waals surface area (Å²) in [5.74, 6) is 0.236.